The number of carbonyl (C=O) groups is 2. The fourth-order valence-electron chi connectivity index (χ4n) is 2.37. The van der Waals surface area contributed by atoms with E-state index in [1.165, 1.54) is 19.2 Å². The molecule has 8 heteroatoms. The van der Waals surface area contributed by atoms with Gasteiger partial charge in [0.05, 0.1) is 31.8 Å². The molecule has 28 heavy (non-hydrogen) atoms. The van der Waals surface area contributed by atoms with Crippen LogP contribution < -0.4 is 25.1 Å². The van der Waals surface area contributed by atoms with Gasteiger partial charge in [0.2, 0.25) is 5.91 Å². The van der Waals surface area contributed by atoms with Crippen LogP contribution in [0.4, 0.5) is 0 Å². The van der Waals surface area contributed by atoms with Crippen LogP contribution in [-0.2, 0) is 11.2 Å². The molecule has 0 spiro atoms. The van der Waals surface area contributed by atoms with Crippen LogP contribution in [-0.4, -0.2) is 32.1 Å². The second-order valence-electron chi connectivity index (χ2n) is 6.18. The summed E-state index contributed by atoms with van der Waals surface area (Å²) >= 11 is 6.21. The highest BCUT2D eigenvalue weighted by molar-refractivity contribution is 6.32. The molecule has 0 saturated carbocycles. The molecule has 7 nitrogen and oxygen atoms in total. The van der Waals surface area contributed by atoms with Crippen molar-refractivity contribution in [3.63, 3.8) is 0 Å². The highest BCUT2D eigenvalue weighted by Crippen LogP contribution is 2.37. The third-order valence-electron chi connectivity index (χ3n) is 3.68. The van der Waals surface area contributed by atoms with Crippen molar-refractivity contribution in [1.29, 1.82) is 0 Å². The Morgan fingerprint density at radius 3 is 2.29 bits per heavy atom. The van der Waals surface area contributed by atoms with Crippen molar-refractivity contribution in [1.82, 2.24) is 10.9 Å². The van der Waals surface area contributed by atoms with E-state index in [0.29, 0.717) is 17.2 Å². The van der Waals surface area contributed by atoms with Gasteiger partial charge in [-0.05, 0) is 43.7 Å². The number of hydrazine groups is 1. The molecular weight excluding hydrogens is 384 g/mol. The molecule has 0 bridgehead atoms. The molecule has 0 atom stereocenters. The van der Waals surface area contributed by atoms with Crippen molar-refractivity contribution < 1.29 is 23.8 Å². The number of halogens is 1. The van der Waals surface area contributed by atoms with Crippen molar-refractivity contribution >= 4 is 23.4 Å². The first-order valence-electron chi connectivity index (χ1n) is 8.60. The van der Waals surface area contributed by atoms with Crippen molar-refractivity contribution in [2.24, 2.45) is 0 Å². The Morgan fingerprint density at radius 2 is 1.71 bits per heavy atom. The van der Waals surface area contributed by atoms with Crippen molar-refractivity contribution in [3.05, 3.63) is 52.5 Å². The standard InChI is InChI=1S/C20H23ClN2O5/c1-12(2)28-19-16(21)10-14(11-17(19)27-4)20(25)23-22-18(24)9-13-5-7-15(26-3)8-6-13/h5-8,10-12H,9H2,1-4H3,(H,22,24)(H,23,25). The highest BCUT2D eigenvalue weighted by atomic mass is 35.5. The van der Waals surface area contributed by atoms with Crippen LogP contribution in [0.3, 0.4) is 0 Å². The predicted molar refractivity (Wildman–Crippen MR) is 106 cm³/mol. The first-order valence-corrected chi connectivity index (χ1v) is 8.98. The summed E-state index contributed by atoms with van der Waals surface area (Å²) in [5.74, 6) is 0.499. The Balaban J connectivity index is 1.99. The summed E-state index contributed by atoms with van der Waals surface area (Å²) in [4.78, 5) is 24.4. The molecule has 0 radical (unpaired) electrons. The lowest BCUT2D eigenvalue weighted by molar-refractivity contribution is -0.121. The van der Waals surface area contributed by atoms with Crippen LogP contribution in [0, 0.1) is 0 Å². The monoisotopic (exact) mass is 406 g/mol. The molecule has 2 rings (SSSR count). The van der Waals surface area contributed by atoms with Gasteiger partial charge in [-0.1, -0.05) is 23.7 Å². The summed E-state index contributed by atoms with van der Waals surface area (Å²) < 4.78 is 15.9. The van der Waals surface area contributed by atoms with Crippen LogP contribution in [0.1, 0.15) is 29.8 Å². The lowest BCUT2D eigenvalue weighted by Crippen LogP contribution is -2.42. The number of carbonyl (C=O) groups excluding carboxylic acids is 2. The SMILES string of the molecule is COc1ccc(CC(=O)NNC(=O)c2cc(Cl)c(OC(C)C)c(OC)c2)cc1. The van der Waals surface area contributed by atoms with Crippen molar-refractivity contribution in [2.45, 2.75) is 26.4 Å². The number of benzene rings is 2. The van der Waals surface area contributed by atoms with E-state index < -0.39 is 5.91 Å². The molecule has 0 unspecified atom stereocenters. The minimum absolute atomic E-state index is 0.107. The van der Waals surface area contributed by atoms with E-state index in [0.717, 1.165) is 5.56 Å². The van der Waals surface area contributed by atoms with Crippen LogP contribution in [0.15, 0.2) is 36.4 Å². The predicted octanol–water partition coefficient (Wildman–Crippen LogP) is 3.15. The number of hydrogen-bond acceptors (Lipinski definition) is 5. The first-order chi connectivity index (χ1) is 13.3. The van der Waals surface area contributed by atoms with Gasteiger partial charge in [-0.2, -0.15) is 0 Å². The average Bonchev–Trinajstić information content (AvgIpc) is 2.67. The molecule has 0 heterocycles. The van der Waals surface area contributed by atoms with Gasteiger partial charge in [0, 0.05) is 5.56 Å². The Kier molecular flexibility index (Phi) is 7.52. The fraction of sp³-hybridized carbons (Fsp3) is 0.300. The van der Waals surface area contributed by atoms with E-state index >= 15 is 0 Å². The summed E-state index contributed by atoms with van der Waals surface area (Å²) in [6, 6.07) is 10.0. The average molecular weight is 407 g/mol. The second kappa shape index (κ2) is 9.85. The molecule has 0 aromatic heterocycles. The summed E-state index contributed by atoms with van der Waals surface area (Å²) in [5.41, 5.74) is 5.75. The Labute approximate surface area is 168 Å². The van der Waals surface area contributed by atoms with Gasteiger partial charge in [0.25, 0.3) is 5.91 Å². The Bertz CT molecular complexity index is 837. The van der Waals surface area contributed by atoms with E-state index in [4.69, 9.17) is 25.8 Å². The fourth-order valence-corrected chi connectivity index (χ4v) is 2.63. The van der Waals surface area contributed by atoms with E-state index in [1.54, 1.807) is 31.4 Å². The summed E-state index contributed by atoms with van der Waals surface area (Å²) in [6.07, 6.45) is -0.00137. The molecule has 2 amide bonds. The molecule has 0 aliphatic rings. The highest BCUT2D eigenvalue weighted by Gasteiger charge is 2.17. The Hall–Kier alpha value is -2.93. The van der Waals surface area contributed by atoms with Gasteiger partial charge in [-0.3, -0.25) is 20.4 Å². The van der Waals surface area contributed by atoms with Crippen molar-refractivity contribution in [2.75, 3.05) is 14.2 Å². The molecule has 2 aromatic carbocycles. The molecule has 150 valence electrons. The third kappa shape index (κ3) is 5.79. The number of nitrogens with one attached hydrogen (secondary N) is 2. The zero-order valence-corrected chi connectivity index (χ0v) is 16.9. The smallest absolute Gasteiger partial charge is 0.269 e. The topological polar surface area (TPSA) is 85.9 Å². The van der Waals surface area contributed by atoms with E-state index in [2.05, 4.69) is 10.9 Å². The lowest BCUT2D eigenvalue weighted by atomic mass is 10.1. The van der Waals surface area contributed by atoms with Gasteiger partial charge in [0.15, 0.2) is 11.5 Å². The first kappa shape index (κ1) is 21.4. The minimum atomic E-state index is -0.528. The number of amides is 2. The zero-order chi connectivity index (χ0) is 20.7. The summed E-state index contributed by atoms with van der Waals surface area (Å²) in [5, 5.41) is 0.239. The maximum Gasteiger partial charge on any atom is 0.269 e. The maximum absolute atomic E-state index is 12.3. The molecule has 2 N–H and O–H groups in total. The number of hydrogen-bond donors (Lipinski definition) is 2. The van der Waals surface area contributed by atoms with Crippen LogP contribution >= 0.6 is 11.6 Å². The molecule has 0 saturated heterocycles. The van der Waals surface area contributed by atoms with Crippen LogP contribution in [0.5, 0.6) is 17.2 Å². The number of methoxy groups -OCH3 is 2. The third-order valence-corrected chi connectivity index (χ3v) is 3.97. The van der Waals surface area contributed by atoms with Gasteiger partial charge in [-0.25, -0.2) is 0 Å². The van der Waals surface area contributed by atoms with Gasteiger partial charge < -0.3 is 14.2 Å². The van der Waals surface area contributed by atoms with Gasteiger partial charge >= 0.3 is 0 Å². The molecule has 2 aromatic rings. The second-order valence-corrected chi connectivity index (χ2v) is 6.59. The summed E-state index contributed by atoms with van der Waals surface area (Å²) in [7, 11) is 3.02. The van der Waals surface area contributed by atoms with E-state index in [9.17, 15) is 9.59 Å². The number of ether oxygens (including phenoxy) is 3. The molecule has 0 aliphatic heterocycles. The maximum atomic E-state index is 12.3. The zero-order valence-electron chi connectivity index (χ0n) is 16.2. The van der Waals surface area contributed by atoms with Gasteiger partial charge in [0.1, 0.15) is 5.75 Å². The molecule has 0 aliphatic carbocycles. The van der Waals surface area contributed by atoms with Crippen LogP contribution in [0.2, 0.25) is 5.02 Å². The van der Waals surface area contributed by atoms with Crippen molar-refractivity contribution in [3.8, 4) is 17.2 Å². The molecule has 0 fully saturated rings. The normalized spacial score (nSPS) is 10.4. The minimum Gasteiger partial charge on any atom is -0.497 e. The van der Waals surface area contributed by atoms with Gasteiger partial charge in [-0.15, -0.1) is 0 Å². The number of rotatable bonds is 7. The largest absolute Gasteiger partial charge is 0.497 e. The molecular formula is C20H23ClN2O5. The van der Waals surface area contributed by atoms with Crippen LogP contribution in [0.25, 0.3) is 0 Å². The Morgan fingerprint density at radius 1 is 1.04 bits per heavy atom. The van der Waals surface area contributed by atoms with E-state index in [1.807, 2.05) is 13.8 Å². The summed E-state index contributed by atoms with van der Waals surface area (Å²) in [6.45, 7) is 3.71. The van der Waals surface area contributed by atoms with E-state index in [-0.39, 0.29) is 29.0 Å². The quantitative estimate of drug-likeness (QED) is 0.690. The lowest BCUT2D eigenvalue weighted by Gasteiger charge is -2.16.